The highest BCUT2D eigenvalue weighted by molar-refractivity contribution is 6.04. The monoisotopic (exact) mass is 580 g/mol. The number of nitrogens with one attached hydrogen (secondary N) is 3. The van der Waals surface area contributed by atoms with Crippen LogP contribution in [0, 0.1) is 0 Å². The van der Waals surface area contributed by atoms with Gasteiger partial charge in [0, 0.05) is 48.1 Å². The van der Waals surface area contributed by atoms with E-state index in [4.69, 9.17) is 19.7 Å². The number of carbonyl (C=O) groups is 1. The quantitative estimate of drug-likeness (QED) is 0.170. The fourth-order valence-electron chi connectivity index (χ4n) is 5.29. The minimum absolute atomic E-state index is 0.248. The van der Waals surface area contributed by atoms with E-state index in [2.05, 4.69) is 41.5 Å². The summed E-state index contributed by atoms with van der Waals surface area (Å²) in [6.07, 6.45) is 5.66. The maximum absolute atomic E-state index is 13.2. The van der Waals surface area contributed by atoms with Crippen LogP contribution >= 0.6 is 0 Å². The van der Waals surface area contributed by atoms with Crippen molar-refractivity contribution in [1.29, 1.82) is 0 Å². The number of benzene rings is 2. The van der Waals surface area contributed by atoms with Gasteiger partial charge in [0.25, 0.3) is 5.91 Å². The molecule has 0 bridgehead atoms. The average Bonchev–Trinajstić information content (AvgIpc) is 3.42. The van der Waals surface area contributed by atoms with Gasteiger partial charge in [-0.15, -0.1) is 0 Å². The zero-order valence-corrected chi connectivity index (χ0v) is 24.3. The first-order valence-corrected chi connectivity index (χ1v) is 14.2. The fourth-order valence-corrected chi connectivity index (χ4v) is 5.29. The summed E-state index contributed by atoms with van der Waals surface area (Å²) in [4.78, 5) is 26.1. The molecular weight excluding hydrogens is 547 g/mol. The van der Waals surface area contributed by atoms with Gasteiger partial charge in [-0.2, -0.15) is 19.6 Å². The molecule has 6 rings (SSSR count). The molecule has 0 saturated heterocycles. The average molecular weight is 581 g/mol. The third-order valence-corrected chi connectivity index (χ3v) is 7.76. The zero-order valence-electron chi connectivity index (χ0n) is 24.3. The van der Waals surface area contributed by atoms with E-state index in [1.165, 1.54) is 0 Å². The van der Waals surface area contributed by atoms with Gasteiger partial charge in [-0.1, -0.05) is 50.8 Å². The normalized spacial score (nSPS) is 16.3. The molecule has 43 heavy (non-hydrogen) atoms. The number of amides is 1. The molecule has 0 aliphatic heterocycles. The largest absolute Gasteiger partial charge is 0.381 e. The van der Waals surface area contributed by atoms with E-state index >= 15 is 0 Å². The number of carbonyl (C=O) groups excluding carboxylic acids is 1. The highest BCUT2D eigenvalue weighted by Gasteiger charge is 2.30. The summed E-state index contributed by atoms with van der Waals surface area (Å²) in [6.45, 7) is 7.76. The number of aromatic nitrogens is 5. The van der Waals surface area contributed by atoms with Crippen molar-refractivity contribution in [2.45, 2.75) is 51.3 Å². The van der Waals surface area contributed by atoms with Gasteiger partial charge in [0.1, 0.15) is 0 Å². The van der Waals surface area contributed by atoms with Gasteiger partial charge in [-0.05, 0) is 47.9 Å². The van der Waals surface area contributed by atoms with Gasteiger partial charge >= 0.3 is 0 Å². The van der Waals surface area contributed by atoms with Gasteiger partial charge in [0.2, 0.25) is 11.9 Å². The van der Waals surface area contributed by atoms with Crippen molar-refractivity contribution in [3.63, 3.8) is 0 Å². The number of pyridine rings is 1. The maximum atomic E-state index is 13.2. The van der Waals surface area contributed by atoms with Crippen LogP contribution in [0.5, 0.6) is 0 Å². The summed E-state index contributed by atoms with van der Waals surface area (Å²) in [5.74, 6) is -0.527. The first-order chi connectivity index (χ1) is 20.8. The molecule has 0 spiro atoms. The van der Waals surface area contributed by atoms with Crippen molar-refractivity contribution in [3.8, 4) is 11.3 Å². The molecule has 0 atom stereocenters. The summed E-state index contributed by atoms with van der Waals surface area (Å²) in [5, 5.41) is 15.8. The van der Waals surface area contributed by atoms with Crippen LogP contribution in [0.15, 0.2) is 73.3 Å². The van der Waals surface area contributed by atoms with Crippen LogP contribution in [0.4, 0.5) is 22.0 Å². The maximum Gasteiger partial charge on any atom is 0.283 e. The van der Waals surface area contributed by atoms with Crippen molar-refractivity contribution in [2.75, 3.05) is 23.1 Å². The second kappa shape index (κ2) is 11.8. The molecule has 2 aromatic carbocycles. The number of halogens is 1. The molecule has 10 nitrogen and oxygen atoms in total. The molecule has 1 saturated carbocycles. The zero-order chi connectivity index (χ0) is 30.1. The fraction of sp³-hybridized carbons (Fsp3) is 0.281. The van der Waals surface area contributed by atoms with Crippen LogP contribution in [-0.2, 0) is 16.1 Å². The molecular formula is C32H33FN8O2. The number of hydrogen-bond acceptors (Lipinski definition) is 8. The SMILES string of the molecule is C=C(F)C(=O)Nc1ccc2c(-c3ccccc3CNc3nc(NC4CC(OC)C4)nc4c(C(C)C)cnn34)nccc2c1. The molecule has 1 aliphatic rings. The number of anilines is 3. The van der Waals surface area contributed by atoms with Crippen LogP contribution in [0.2, 0.25) is 0 Å². The molecule has 3 aromatic heterocycles. The van der Waals surface area contributed by atoms with Crippen molar-refractivity contribution in [2.24, 2.45) is 0 Å². The molecule has 0 radical (unpaired) electrons. The highest BCUT2D eigenvalue weighted by Crippen LogP contribution is 2.32. The van der Waals surface area contributed by atoms with E-state index in [0.717, 1.165) is 51.6 Å². The Morgan fingerprint density at radius 3 is 2.74 bits per heavy atom. The lowest BCUT2D eigenvalue weighted by molar-refractivity contribution is -0.114. The van der Waals surface area contributed by atoms with E-state index in [0.29, 0.717) is 24.1 Å². The van der Waals surface area contributed by atoms with Crippen molar-refractivity contribution in [3.05, 3.63) is 84.5 Å². The highest BCUT2D eigenvalue weighted by atomic mass is 19.1. The van der Waals surface area contributed by atoms with E-state index in [9.17, 15) is 9.18 Å². The molecule has 0 unspecified atom stereocenters. The Morgan fingerprint density at radius 1 is 1.16 bits per heavy atom. The second-order valence-electron chi connectivity index (χ2n) is 11.0. The summed E-state index contributed by atoms with van der Waals surface area (Å²) < 4.78 is 20.4. The smallest absolute Gasteiger partial charge is 0.283 e. The first kappa shape index (κ1) is 28.2. The Kier molecular flexibility index (Phi) is 7.73. The van der Waals surface area contributed by atoms with Gasteiger partial charge in [-0.3, -0.25) is 9.78 Å². The third kappa shape index (κ3) is 5.76. The van der Waals surface area contributed by atoms with Crippen LogP contribution in [0.25, 0.3) is 27.7 Å². The Balaban J connectivity index is 1.30. The standard InChI is InChI=1S/C32H33FN8O2/c1-18(2)27-17-36-41-29(27)39-31(38-23-14-24(15-23)43-4)40-32(41)35-16-21-7-5-6-8-25(21)28-26-10-9-22(37-30(42)19(3)33)13-20(26)11-12-34-28/h5-13,17-18,23-24H,3,14-16H2,1-2,4H3,(H,37,42)(H2,35,38,39,40). The minimum Gasteiger partial charge on any atom is -0.381 e. The van der Waals surface area contributed by atoms with Crippen molar-refractivity contribution >= 4 is 39.9 Å². The van der Waals surface area contributed by atoms with Crippen molar-refractivity contribution < 1.29 is 13.9 Å². The Bertz CT molecular complexity index is 1830. The summed E-state index contributed by atoms with van der Waals surface area (Å²) in [5.41, 5.74) is 5.02. The molecule has 3 N–H and O–H groups in total. The number of hydrogen-bond donors (Lipinski definition) is 3. The first-order valence-electron chi connectivity index (χ1n) is 14.2. The Morgan fingerprint density at radius 2 is 1.98 bits per heavy atom. The lowest BCUT2D eigenvalue weighted by atomic mass is 9.89. The van der Waals surface area contributed by atoms with E-state index in [-0.39, 0.29) is 18.1 Å². The molecule has 5 aromatic rings. The van der Waals surface area contributed by atoms with Gasteiger partial charge in [0.15, 0.2) is 11.5 Å². The molecule has 3 heterocycles. The topological polar surface area (TPSA) is 118 Å². The molecule has 1 aliphatic carbocycles. The van der Waals surface area contributed by atoms with Crippen molar-refractivity contribution in [1.82, 2.24) is 24.6 Å². The third-order valence-electron chi connectivity index (χ3n) is 7.76. The van der Waals surface area contributed by atoms with E-state index in [1.54, 1.807) is 30.0 Å². The van der Waals surface area contributed by atoms with Gasteiger partial charge in [-0.25, -0.2) is 4.39 Å². The van der Waals surface area contributed by atoms with Crippen LogP contribution < -0.4 is 16.0 Å². The number of fused-ring (bicyclic) bond motifs is 2. The molecule has 11 heteroatoms. The summed E-state index contributed by atoms with van der Waals surface area (Å²) >= 11 is 0. The Hall–Kier alpha value is -4.90. The number of methoxy groups -OCH3 is 1. The molecule has 1 fully saturated rings. The predicted octanol–water partition coefficient (Wildman–Crippen LogP) is 6.09. The summed E-state index contributed by atoms with van der Waals surface area (Å²) in [7, 11) is 1.74. The van der Waals surface area contributed by atoms with Gasteiger partial charge in [0.05, 0.1) is 18.0 Å². The van der Waals surface area contributed by atoms with Crippen LogP contribution in [0.1, 0.15) is 43.7 Å². The van der Waals surface area contributed by atoms with E-state index < -0.39 is 11.7 Å². The minimum atomic E-state index is -1.04. The van der Waals surface area contributed by atoms with Gasteiger partial charge < -0.3 is 20.7 Å². The number of ether oxygens (including phenoxy) is 1. The van der Waals surface area contributed by atoms with Crippen LogP contribution in [0.3, 0.4) is 0 Å². The lowest BCUT2D eigenvalue weighted by Crippen LogP contribution is -2.40. The number of rotatable bonds is 10. The Labute approximate surface area is 248 Å². The summed E-state index contributed by atoms with van der Waals surface area (Å²) in [6, 6.07) is 15.5. The lowest BCUT2D eigenvalue weighted by Gasteiger charge is -2.34. The van der Waals surface area contributed by atoms with E-state index in [1.807, 2.05) is 42.6 Å². The van der Waals surface area contributed by atoms with Crippen LogP contribution in [-0.4, -0.2) is 49.7 Å². The second-order valence-corrected chi connectivity index (χ2v) is 11.0. The predicted molar refractivity (Wildman–Crippen MR) is 166 cm³/mol. The number of nitrogens with zero attached hydrogens (tertiary/aromatic N) is 5. The molecule has 220 valence electrons. The molecule has 1 amide bonds.